The number of hydrogen-bond donors (Lipinski definition) is 1. The van der Waals surface area contributed by atoms with E-state index in [1.807, 2.05) is 56.3 Å². The fraction of sp³-hybridized carbons (Fsp3) is 0.409. The van der Waals surface area contributed by atoms with Crippen molar-refractivity contribution in [3.8, 4) is 5.75 Å². The van der Waals surface area contributed by atoms with Gasteiger partial charge in [0.15, 0.2) is 0 Å². The van der Waals surface area contributed by atoms with Crippen molar-refractivity contribution in [1.29, 1.82) is 0 Å². The van der Waals surface area contributed by atoms with Gasteiger partial charge in [0.2, 0.25) is 0 Å². The Kier molecular flexibility index (Phi) is 6.53. The van der Waals surface area contributed by atoms with Gasteiger partial charge in [-0.25, -0.2) is 0 Å². The minimum absolute atomic E-state index is 0.113. The van der Waals surface area contributed by atoms with E-state index in [0.717, 1.165) is 22.4 Å². The topological polar surface area (TPSA) is 55.8 Å². The van der Waals surface area contributed by atoms with E-state index in [0.29, 0.717) is 17.9 Å². The van der Waals surface area contributed by atoms with Crippen LogP contribution in [-0.4, -0.2) is 29.7 Å². The first kappa shape index (κ1) is 19.9. The number of aliphatic hydroxyl groups excluding tert-OH is 1. The lowest BCUT2D eigenvalue weighted by molar-refractivity contribution is -0.139. The molecule has 1 N–H and O–H groups in total. The van der Waals surface area contributed by atoms with E-state index < -0.39 is 6.10 Å². The van der Waals surface area contributed by atoms with Gasteiger partial charge in [-0.05, 0) is 55.2 Å². The van der Waals surface area contributed by atoms with E-state index in [1.165, 1.54) is 0 Å². The zero-order valence-corrected chi connectivity index (χ0v) is 16.4. The number of carbonyl (C=O) groups excluding carboxylic acids is 1. The molecule has 0 radical (unpaired) electrons. The van der Waals surface area contributed by atoms with Gasteiger partial charge in [0.05, 0.1) is 24.9 Å². The summed E-state index contributed by atoms with van der Waals surface area (Å²) in [6.45, 7) is 3.85. The van der Waals surface area contributed by atoms with Gasteiger partial charge in [-0.2, -0.15) is 0 Å². The Balaban J connectivity index is 1.76. The molecule has 1 aliphatic rings. The Morgan fingerprint density at radius 2 is 1.93 bits per heavy atom. The number of ether oxygens (including phenoxy) is 2. The number of Topliss-reactive ketones (excluding diaryl/α,β-unsaturated/α-hetero) is 1. The summed E-state index contributed by atoms with van der Waals surface area (Å²) in [7, 11) is 0. The highest BCUT2D eigenvalue weighted by Crippen LogP contribution is 2.32. The van der Waals surface area contributed by atoms with Crippen LogP contribution in [0.5, 0.6) is 5.75 Å². The highest BCUT2D eigenvalue weighted by molar-refractivity contribution is 6.31. The Hall–Kier alpha value is -1.88. The molecule has 3 rings (SSSR count). The second-order valence-electron chi connectivity index (χ2n) is 7.21. The maximum absolute atomic E-state index is 11.9. The molecular weight excluding hydrogens is 364 g/mol. The normalized spacial score (nSPS) is 20.1. The molecule has 1 fully saturated rings. The molecule has 1 heterocycles. The zero-order valence-electron chi connectivity index (χ0n) is 15.7. The maximum Gasteiger partial charge on any atom is 0.138 e. The third kappa shape index (κ3) is 5.32. The van der Waals surface area contributed by atoms with Gasteiger partial charge in [0.1, 0.15) is 11.5 Å². The first-order chi connectivity index (χ1) is 12.9. The van der Waals surface area contributed by atoms with Crippen LogP contribution >= 0.6 is 11.6 Å². The van der Waals surface area contributed by atoms with Crippen molar-refractivity contribution in [2.45, 2.75) is 51.4 Å². The molecule has 5 heteroatoms. The molecule has 0 amide bonds. The molecule has 2 aromatic carbocycles. The fourth-order valence-corrected chi connectivity index (χ4v) is 3.47. The number of ketones is 1. The first-order valence-electron chi connectivity index (χ1n) is 9.26. The van der Waals surface area contributed by atoms with E-state index in [4.69, 9.17) is 21.1 Å². The number of aliphatic hydroxyl groups is 1. The van der Waals surface area contributed by atoms with E-state index in [9.17, 15) is 9.90 Å². The van der Waals surface area contributed by atoms with Crippen LogP contribution in [0.25, 0.3) is 0 Å². The molecule has 1 aliphatic heterocycles. The Bertz CT molecular complexity index is 785. The van der Waals surface area contributed by atoms with Gasteiger partial charge in [-0.15, -0.1) is 0 Å². The summed E-state index contributed by atoms with van der Waals surface area (Å²) in [6.07, 6.45) is 0.670. The molecule has 0 unspecified atom stereocenters. The number of halogens is 1. The van der Waals surface area contributed by atoms with Crippen molar-refractivity contribution in [3.05, 3.63) is 64.2 Å². The molecule has 2 atom stereocenters. The van der Waals surface area contributed by atoms with E-state index >= 15 is 0 Å². The van der Waals surface area contributed by atoms with Crippen molar-refractivity contribution >= 4 is 17.4 Å². The zero-order chi connectivity index (χ0) is 19.4. The van der Waals surface area contributed by atoms with Crippen LogP contribution in [-0.2, 0) is 16.0 Å². The predicted octanol–water partition coefficient (Wildman–Crippen LogP) is 4.50. The summed E-state index contributed by atoms with van der Waals surface area (Å²) >= 11 is 6.40. The fourth-order valence-electron chi connectivity index (χ4n) is 3.28. The van der Waals surface area contributed by atoms with Gasteiger partial charge >= 0.3 is 0 Å². The average molecular weight is 389 g/mol. The summed E-state index contributed by atoms with van der Waals surface area (Å²) in [5.74, 6) is 0.959. The monoisotopic (exact) mass is 388 g/mol. The summed E-state index contributed by atoms with van der Waals surface area (Å²) in [5, 5.41) is 10.0. The lowest BCUT2D eigenvalue weighted by Crippen LogP contribution is -2.30. The number of rotatable bonds is 6. The largest absolute Gasteiger partial charge is 0.491 e. The van der Waals surface area contributed by atoms with Crippen LogP contribution in [0.1, 0.15) is 49.5 Å². The predicted molar refractivity (Wildman–Crippen MR) is 105 cm³/mol. The molecule has 2 aromatic rings. The summed E-state index contributed by atoms with van der Waals surface area (Å²) in [6, 6.07) is 13.7. The molecule has 0 saturated carbocycles. The van der Waals surface area contributed by atoms with Crippen molar-refractivity contribution in [2.75, 3.05) is 6.61 Å². The first-order valence-corrected chi connectivity index (χ1v) is 9.64. The second kappa shape index (κ2) is 8.87. The number of benzene rings is 2. The highest BCUT2D eigenvalue weighted by Gasteiger charge is 2.28. The van der Waals surface area contributed by atoms with Gasteiger partial charge in [-0.3, -0.25) is 4.79 Å². The lowest BCUT2D eigenvalue weighted by atomic mass is 9.95. The molecule has 4 nitrogen and oxygen atoms in total. The van der Waals surface area contributed by atoms with Crippen molar-refractivity contribution in [1.82, 2.24) is 0 Å². The van der Waals surface area contributed by atoms with Crippen LogP contribution in [0.3, 0.4) is 0 Å². The Labute approximate surface area is 165 Å². The molecule has 1 saturated heterocycles. The minimum Gasteiger partial charge on any atom is -0.491 e. The van der Waals surface area contributed by atoms with Crippen molar-refractivity contribution < 1.29 is 19.4 Å². The third-order valence-corrected chi connectivity index (χ3v) is 4.93. The van der Waals surface area contributed by atoms with Crippen LogP contribution in [0, 0.1) is 0 Å². The van der Waals surface area contributed by atoms with Gasteiger partial charge in [0.25, 0.3) is 0 Å². The van der Waals surface area contributed by atoms with Gasteiger partial charge < -0.3 is 14.6 Å². The second-order valence-corrected chi connectivity index (χ2v) is 7.62. The molecule has 0 aliphatic carbocycles. The maximum atomic E-state index is 11.9. The van der Waals surface area contributed by atoms with Gasteiger partial charge in [-0.1, -0.05) is 35.9 Å². The molecule has 0 bridgehead atoms. The Morgan fingerprint density at radius 3 is 2.59 bits per heavy atom. The lowest BCUT2D eigenvalue weighted by Gasteiger charge is -2.28. The van der Waals surface area contributed by atoms with E-state index in [2.05, 4.69) is 0 Å². The smallest absolute Gasteiger partial charge is 0.138 e. The molecule has 27 heavy (non-hydrogen) atoms. The van der Waals surface area contributed by atoms with Crippen LogP contribution in [0.15, 0.2) is 42.5 Å². The minimum atomic E-state index is -0.427. The van der Waals surface area contributed by atoms with E-state index in [1.54, 1.807) is 0 Å². The van der Waals surface area contributed by atoms with Crippen LogP contribution < -0.4 is 4.74 Å². The molecular formula is C22H25ClO4. The molecule has 0 spiro atoms. The molecule has 0 aromatic heterocycles. The van der Waals surface area contributed by atoms with Gasteiger partial charge in [0, 0.05) is 17.9 Å². The quantitative estimate of drug-likeness (QED) is 0.791. The van der Waals surface area contributed by atoms with Crippen molar-refractivity contribution in [2.24, 2.45) is 0 Å². The van der Waals surface area contributed by atoms with E-state index in [-0.39, 0.29) is 31.0 Å². The summed E-state index contributed by atoms with van der Waals surface area (Å²) in [4.78, 5) is 11.9. The number of hydrogen-bond acceptors (Lipinski definition) is 4. The SMILES string of the molecule is CC(C)Oc1ccc(Cc2cc([C@H]3CC(=O)C[C@@H](CO)O3)ccc2Cl)cc1. The standard InChI is InChI=1S/C22H25ClO4/c1-14(2)26-19-6-3-15(4-7-19)9-17-10-16(5-8-21(17)23)22-12-18(25)11-20(13-24)27-22/h3-8,10,14,20,22,24H,9,11-13H2,1-2H3/t20-,22+/m0/s1. The molecule has 144 valence electrons. The summed E-state index contributed by atoms with van der Waals surface area (Å²) < 4.78 is 11.5. The van der Waals surface area contributed by atoms with Crippen molar-refractivity contribution in [3.63, 3.8) is 0 Å². The third-order valence-electron chi connectivity index (χ3n) is 4.56. The Morgan fingerprint density at radius 1 is 1.19 bits per heavy atom. The summed E-state index contributed by atoms with van der Waals surface area (Å²) in [5.41, 5.74) is 3.02. The van der Waals surface area contributed by atoms with Crippen LogP contribution in [0.2, 0.25) is 5.02 Å². The van der Waals surface area contributed by atoms with Crippen LogP contribution in [0.4, 0.5) is 0 Å². The average Bonchev–Trinajstić information content (AvgIpc) is 2.64. The number of carbonyl (C=O) groups is 1. The highest BCUT2D eigenvalue weighted by atomic mass is 35.5.